The van der Waals surface area contributed by atoms with Crippen LogP contribution in [0.5, 0.6) is 0 Å². The molecule has 0 aliphatic heterocycles. The van der Waals surface area contributed by atoms with Crippen molar-refractivity contribution in [2.45, 2.75) is 51.5 Å². The number of nitrogens with one attached hydrogen (secondary N) is 1. The van der Waals surface area contributed by atoms with Crippen molar-refractivity contribution in [1.29, 1.82) is 0 Å². The standard InChI is InChI=1S/C13H21NO3/c1-8-4-2-3-5-11(8)12(15)14-10-6-9(7-10)13(16)17/h8-11H,2-7H2,1H3,(H,14,15)(H,16,17). The fraction of sp³-hybridized carbons (Fsp3) is 0.846. The molecule has 0 aromatic rings. The molecule has 2 aliphatic rings. The second-order valence-corrected chi connectivity index (χ2v) is 5.58. The van der Waals surface area contributed by atoms with Crippen molar-refractivity contribution in [2.75, 3.05) is 0 Å². The van der Waals surface area contributed by atoms with Gasteiger partial charge in [-0.15, -0.1) is 0 Å². The fourth-order valence-electron chi connectivity index (χ4n) is 2.95. The normalized spacial score (nSPS) is 37.0. The van der Waals surface area contributed by atoms with Gasteiger partial charge in [0, 0.05) is 12.0 Å². The lowest BCUT2D eigenvalue weighted by atomic mass is 9.77. The van der Waals surface area contributed by atoms with E-state index in [-0.39, 0.29) is 23.8 Å². The van der Waals surface area contributed by atoms with Gasteiger partial charge < -0.3 is 10.4 Å². The van der Waals surface area contributed by atoms with Gasteiger partial charge >= 0.3 is 5.97 Å². The summed E-state index contributed by atoms with van der Waals surface area (Å²) >= 11 is 0. The number of rotatable bonds is 3. The highest BCUT2D eigenvalue weighted by Crippen LogP contribution is 2.32. The van der Waals surface area contributed by atoms with Crippen LogP contribution in [-0.2, 0) is 9.59 Å². The number of amides is 1. The number of carboxylic acid groups (broad SMARTS) is 1. The Hall–Kier alpha value is -1.06. The Morgan fingerprint density at radius 2 is 1.82 bits per heavy atom. The molecule has 2 rings (SSSR count). The number of carbonyl (C=O) groups is 2. The molecule has 0 saturated heterocycles. The van der Waals surface area contributed by atoms with E-state index in [2.05, 4.69) is 12.2 Å². The van der Waals surface area contributed by atoms with E-state index < -0.39 is 5.97 Å². The summed E-state index contributed by atoms with van der Waals surface area (Å²) in [5.74, 6) is -0.219. The van der Waals surface area contributed by atoms with E-state index in [1.165, 1.54) is 6.42 Å². The summed E-state index contributed by atoms with van der Waals surface area (Å²) in [6.07, 6.45) is 5.70. The molecule has 2 N–H and O–H groups in total. The van der Waals surface area contributed by atoms with Crippen LogP contribution in [0.3, 0.4) is 0 Å². The minimum Gasteiger partial charge on any atom is -0.481 e. The van der Waals surface area contributed by atoms with Crippen molar-refractivity contribution >= 4 is 11.9 Å². The van der Waals surface area contributed by atoms with Gasteiger partial charge in [-0.1, -0.05) is 19.8 Å². The minimum atomic E-state index is -0.735. The summed E-state index contributed by atoms with van der Waals surface area (Å²) in [6, 6.07) is 0.0951. The Bertz CT molecular complexity index is 310. The topological polar surface area (TPSA) is 66.4 Å². The molecule has 2 fully saturated rings. The molecule has 0 aromatic carbocycles. The first-order valence-corrected chi connectivity index (χ1v) is 6.61. The van der Waals surface area contributed by atoms with Crippen LogP contribution in [0.25, 0.3) is 0 Å². The molecule has 0 bridgehead atoms. The molecule has 4 nitrogen and oxygen atoms in total. The van der Waals surface area contributed by atoms with Crippen LogP contribution in [0.4, 0.5) is 0 Å². The lowest BCUT2D eigenvalue weighted by Gasteiger charge is -2.35. The lowest BCUT2D eigenvalue weighted by Crippen LogP contribution is -2.49. The van der Waals surface area contributed by atoms with Gasteiger partial charge in [0.2, 0.25) is 5.91 Å². The SMILES string of the molecule is CC1CCCCC1C(=O)NC1CC(C(=O)O)C1. The maximum atomic E-state index is 12.0. The maximum Gasteiger partial charge on any atom is 0.306 e. The number of hydrogen-bond acceptors (Lipinski definition) is 2. The molecule has 1 amide bonds. The Morgan fingerprint density at radius 3 is 2.41 bits per heavy atom. The van der Waals surface area contributed by atoms with Gasteiger partial charge in [0.15, 0.2) is 0 Å². The third-order valence-electron chi connectivity index (χ3n) is 4.28. The Labute approximate surface area is 102 Å². The molecule has 0 heterocycles. The number of hydrogen-bond donors (Lipinski definition) is 2. The third-order valence-corrected chi connectivity index (χ3v) is 4.28. The van der Waals surface area contributed by atoms with Gasteiger partial charge in [-0.3, -0.25) is 9.59 Å². The Balaban J connectivity index is 1.76. The van der Waals surface area contributed by atoms with Gasteiger partial charge in [-0.25, -0.2) is 0 Å². The van der Waals surface area contributed by atoms with Crippen LogP contribution in [0.2, 0.25) is 0 Å². The van der Waals surface area contributed by atoms with E-state index >= 15 is 0 Å². The molecule has 2 atom stereocenters. The first kappa shape index (κ1) is 12.4. The summed E-state index contributed by atoms with van der Waals surface area (Å²) in [7, 11) is 0. The number of aliphatic carboxylic acids is 1. The molecule has 0 spiro atoms. The van der Waals surface area contributed by atoms with Crippen LogP contribution >= 0.6 is 0 Å². The monoisotopic (exact) mass is 239 g/mol. The molecule has 0 aromatic heterocycles. The van der Waals surface area contributed by atoms with Crippen LogP contribution in [0.1, 0.15) is 45.4 Å². The molecular weight excluding hydrogens is 218 g/mol. The van der Waals surface area contributed by atoms with Crippen molar-refractivity contribution < 1.29 is 14.7 Å². The summed E-state index contributed by atoms with van der Waals surface area (Å²) in [5.41, 5.74) is 0. The van der Waals surface area contributed by atoms with Gasteiger partial charge in [-0.05, 0) is 31.6 Å². The van der Waals surface area contributed by atoms with Crippen LogP contribution < -0.4 is 5.32 Å². The second kappa shape index (κ2) is 5.07. The van der Waals surface area contributed by atoms with Gasteiger partial charge in [-0.2, -0.15) is 0 Å². The average Bonchev–Trinajstić information content (AvgIpc) is 2.22. The van der Waals surface area contributed by atoms with E-state index in [9.17, 15) is 9.59 Å². The summed E-state index contributed by atoms with van der Waals surface area (Å²) < 4.78 is 0. The van der Waals surface area contributed by atoms with Crippen molar-refractivity contribution in [2.24, 2.45) is 17.8 Å². The molecule has 2 aliphatic carbocycles. The molecule has 17 heavy (non-hydrogen) atoms. The zero-order valence-electron chi connectivity index (χ0n) is 10.3. The van der Waals surface area contributed by atoms with Crippen molar-refractivity contribution in [3.05, 3.63) is 0 Å². The van der Waals surface area contributed by atoms with Crippen LogP contribution in [0.15, 0.2) is 0 Å². The van der Waals surface area contributed by atoms with Crippen molar-refractivity contribution in [1.82, 2.24) is 5.32 Å². The second-order valence-electron chi connectivity index (χ2n) is 5.58. The number of carbonyl (C=O) groups excluding carboxylic acids is 1. The maximum absolute atomic E-state index is 12.0. The average molecular weight is 239 g/mol. The van der Waals surface area contributed by atoms with Crippen LogP contribution in [-0.4, -0.2) is 23.0 Å². The molecule has 4 heteroatoms. The van der Waals surface area contributed by atoms with Gasteiger partial charge in [0.25, 0.3) is 0 Å². The number of carboxylic acids is 1. The minimum absolute atomic E-state index is 0.0951. The molecule has 2 saturated carbocycles. The van der Waals surface area contributed by atoms with Gasteiger partial charge in [0.1, 0.15) is 0 Å². The Kier molecular flexibility index (Phi) is 3.69. The largest absolute Gasteiger partial charge is 0.481 e. The molecule has 2 unspecified atom stereocenters. The fourth-order valence-corrected chi connectivity index (χ4v) is 2.95. The van der Waals surface area contributed by atoms with E-state index in [4.69, 9.17) is 5.11 Å². The highest BCUT2D eigenvalue weighted by atomic mass is 16.4. The first-order valence-electron chi connectivity index (χ1n) is 6.61. The van der Waals surface area contributed by atoms with E-state index in [1.54, 1.807) is 0 Å². The highest BCUT2D eigenvalue weighted by Gasteiger charge is 2.37. The van der Waals surface area contributed by atoms with Crippen molar-refractivity contribution in [3.63, 3.8) is 0 Å². The summed E-state index contributed by atoms with van der Waals surface area (Å²) in [5, 5.41) is 11.8. The summed E-state index contributed by atoms with van der Waals surface area (Å²) in [6.45, 7) is 2.14. The molecule has 0 radical (unpaired) electrons. The lowest BCUT2D eigenvalue weighted by molar-refractivity contribution is -0.146. The third kappa shape index (κ3) is 2.79. The Morgan fingerprint density at radius 1 is 1.18 bits per heavy atom. The van der Waals surface area contributed by atoms with E-state index in [0.29, 0.717) is 18.8 Å². The predicted molar refractivity (Wildman–Crippen MR) is 63.4 cm³/mol. The van der Waals surface area contributed by atoms with Crippen LogP contribution in [0, 0.1) is 17.8 Å². The molecule has 96 valence electrons. The highest BCUT2D eigenvalue weighted by molar-refractivity contribution is 5.80. The molecular formula is C13H21NO3. The van der Waals surface area contributed by atoms with E-state index in [1.807, 2.05) is 0 Å². The van der Waals surface area contributed by atoms with Gasteiger partial charge in [0.05, 0.1) is 5.92 Å². The van der Waals surface area contributed by atoms with E-state index in [0.717, 1.165) is 19.3 Å². The quantitative estimate of drug-likeness (QED) is 0.789. The first-order chi connectivity index (χ1) is 8.08. The van der Waals surface area contributed by atoms with Crippen molar-refractivity contribution in [3.8, 4) is 0 Å². The summed E-state index contributed by atoms with van der Waals surface area (Å²) in [4.78, 5) is 22.7. The smallest absolute Gasteiger partial charge is 0.306 e. The zero-order valence-corrected chi connectivity index (χ0v) is 10.3. The zero-order chi connectivity index (χ0) is 12.4. The predicted octanol–water partition coefficient (Wildman–Crippen LogP) is 1.79.